The Bertz CT molecular complexity index is 561. The van der Waals surface area contributed by atoms with Gasteiger partial charge in [-0.2, -0.15) is 13.2 Å². The second-order valence-corrected chi connectivity index (χ2v) is 5.05. The molecular weight excluding hydrogens is 315 g/mol. The number of hydrogen-bond acceptors (Lipinski definition) is 3. The Balaban J connectivity index is 1.74. The summed E-state index contributed by atoms with van der Waals surface area (Å²) in [7, 11) is 0. The molecule has 3 N–H and O–H groups in total. The fourth-order valence-electron chi connectivity index (χ4n) is 1.96. The van der Waals surface area contributed by atoms with Gasteiger partial charge in [0.05, 0.1) is 6.61 Å². The summed E-state index contributed by atoms with van der Waals surface area (Å²) in [6, 6.07) is 5.68. The smallest absolute Gasteiger partial charge is 0.367 e. The first-order valence-corrected chi connectivity index (χ1v) is 6.88. The highest BCUT2D eigenvalue weighted by Crippen LogP contribution is 2.15. The van der Waals surface area contributed by atoms with E-state index in [9.17, 15) is 22.8 Å². The van der Waals surface area contributed by atoms with Gasteiger partial charge < -0.3 is 20.7 Å². The lowest BCUT2D eigenvalue weighted by molar-refractivity contribution is -0.176. The molecule has 126 valence electrons. The predicted molar refractivity (Wildman–Crippen MR) is 74.3 cm³/mol. The third kappa shape index (κ3) is 5.78. The van der Waals surface area contributed by atoms with Crippen LogP contribution < -0.4 is 16.0 Å². The molecule has 0 spiro atoms. The van der Waals surface area contributed by atoms with Crippen molar-refractivity contribution in [2.24, 2.45) is 0 Å². The Morgan fingerprint density at radius 3 is 2.48 bits per heavy atom. The lowest BCUT2D eigenvalue weighted by Crippen LogP contribution is -2.42. The maximum atomic E-state index is 12.0. The molecule has 0 bridgehead atoms. The number of urea groups is 1. The topological polar surface area (TPSA) is 79.5 Å². The van der Waals surface area contributed by atoms with Crippen LogP contribution in [0.2, 0.25) is 0 Å². The minimum absolute atomic E-state index is 0.133. The van der Waals surface area contributed by atoms with E-state index >= 15 is 0 Å². The van der Waals surface area contributed by atoms with E-state index in [1.165, 1.54) is 0 Å². The first kappa shape index (κ1) is 17.1. The first-order chi connectivity index (χ1) is 10.8. The molecule has 9 heteroatoms. The Labute approximate surface area is 130 Å². The fourth-order valence-corrected chi connectivity index (χ4v) is 1.96. The number of carbonyl (C=O) groups excluding carboxylic acids is 2. The van der Waals surface area contributed by atoms with Gasteiger partial charge in [0.15, 0.2) is 0 Å². The van der Waals surface area contributed by atoms with Gasteiger partial charge in [0.2, 0.25) is 5.91 Å². The summed E-state index contributed by atoms with van der Waals surface area (Å²) in [4.78, 5) is 22.7. The summed E-state index contributed by atoms with van der Waals surface area (Å²) in [5.74, 6) is -0.305. The van der Waals surface area contributed by atoms with Crippen LogP contribution in [0.15, 0.2) is 24.3 Å². The molecule has 3 amide bonds. The van der Waals surface area contributed by atoms with Gasteiger partial charge in [-0.3, -0.25) is 4.79 Å². The fraction of sp³-hybridized carbons (Fsp3) is 0.429. The average Bonchev–Trinajstić information content (AvgIpc) is 2.91. The zero-order chi connectivity index (χ0) is 16.9. The van der Waals surface area contributed by atoms with E-state index in [-0.39, 0.29) is 31.6 Å². The number of hydrogen-bond donors (Lipinski definition) is 3. The molecule has 1 aromatic carbocycles. The molecule has 1 aliphatic heterocycles. The van der Waals surface area contributed by atoms with E-state index in [1.807, 2.05) is 0 Å². The van der Waals surface area contributed by atoms with Crippen LogP contribution in [0.3, 0.4) is 0 Å². The maximum Gasteiger partial charge on any atom is 0.411 e. The standard InChI is InChI=1S/C14H16F3N3O3/c15-14(16,17)8-23-7-10-3-1-9(2-4-10)5-18-12(21)11-6-19-13(22)20-11/h1-4,11H,5-8H2,(H,18,21)(H2,19,20,22). The third-order valence-electron chi connectivity index (χ3n) is 3.11. The van der Waals surface area contributed by atoms with Crippen molar-refractivity contribution in [1.82, 2.24) is 16.0 Å². The molecule has 1 aromatic rings. The van der Waals surface area contributed by atoms with Crippen molar-refractivity contribution >= 4 is 11.9 Å². The van der Waals surface area contributed by atoms with Gasteiger partial charge in [0.25, 0.3) is 0 Å². The lowest BCUT2D eigenvalue weighted by Gasteiger charge is -2.11. The molecule has 23 heavy (non-hydrogen) atoms. The molecule has 1 heterocycles. The first-order valence-electron chi connectivity index (χ1n) is 6.88. The monoisotopic (exact) mass is 331 g/mol. The highest BCUT2D eigenvalue weighted by molar-refractivity contribution is 5.90. The molecule has 0 radical (unpaired) electrons. The van der Waals surface area contributed by atoms with Gasteiger partial charge in [-0.05, 0) is 11.1 Å². The number of halogens is 3. The molecule has 6 nitrogen and oxygen atoms in total. The molecule has 0 aliphatic carbocycles. The number of rotatable bonds is 6. The van der Waals surface area contributed by atoms with E-state index in [4.69, 9.17) is 0 Å². The summed E-state index contributed by atoms with van der Waals surface area (Å²) >= 11 is 0. The van der Waals surface area contributed by atoms with Crippen molar-refractivity contribution in [3.8, 4) is 0 Å². The van der Waals surface area contributed by atoms with Gasteiger partial charge >= 0.3 is 12.2 Å². The van der Waals surface area contributed by atoms with Crippen molar-refractivity contribution in [2.75, 3.05) is 13.2 Å². The van der Waals surface area contributed by atoms with Crippen LogP contribution in [0.5, 0.6) is 0 Å². The number of ether oxygens (including phenoxy) is 1. The summed E-state index contributed by atoms with van der Waals surface area (Å²) in [6.45, 7) is -0.924. The number of alkyl halides is 3. The van der Waals surface area contributed by atoms with Gasteiger partial charge in [-0.25, -0.2) is 4.79 Å². The molecule has 0 saturated carbocycles. The SMILES string of the molecule is O=C1NCC(C(=O)NCc2ccc(COCC(F)(F)F)cc2)N1. The molecule has 1 saturated heterocycles. The van der Waals surface area contributed by atoms with Crippen molar-refractivity contribution < 1.29 is 27.5 Å². The number of amides is 3. The molecule has 1 aliphatic rings. The second kappa shape index (κ2) is 7.32. The van der Waals surface area contributed by atoms with Gasteiger partial charge in [0.1, 0.15) is 12.6 Å². The molecule has 1 unspecified atom stereocenters. The summed E-state index contributed by atoms with van der Waals surface area (Å²) in [5, 5.41) is 7.62. The van der Waals surface area contributed by atoms with Crippen molar-refractivity contribution in [3.63, 3.8) is 0 Å². The normalized spacial score (nSPS) is 17.5. The molecule has 1 fully saturated rings. The highest BCUT2D eigenvalue weighted by Gasteiger charge is 2.27. The third-order valence-corrected chi connectivity index (χ3v) is 3.11. The minimum atomic E-state index is -4.34. The number of benzene rings is 1. The maximum absolute atomic E-state index is 12.0. The quantitative estimate of drug-likeness (QED) is 0.729. The number of nitrogens with one attached hydrogen (secondary N) is 3. The van der Waals surface area contributed by atoms with Crippen molar-refractivity contribution in [1.29, 1.82) is 0 Å². The molecule has 1 atom stereocenters. The van der Waals surface area contributed by atoms with Crippen molar-refractivity contribution in [3.05, 3.63) is 35.4 Å². The summed E-state index contributed by atoms with van der Waals surface area (Å²) in [5.41, 5.74) is 1.40. The lowest BCUT2D eigenvalue weighted by atomic mass is 10.1. The van der Waals surface area contributed by atoms with Gasteiger partial charge in [-0.15, -0.1) is 0 Å². The second-order valence-electron chi connectivity index (χ2n) is 5.05. The Morgan fingerprint density at radius 1 is 1.26 bits per heavy atom. The summed E-state index contributed by atoms with van der Waals surface area (Å²) in [6.07, 6.45) is -4.34. The van der Waals surface area contributed by atoms with Gasteiger partial charge in [0, 0.05) is 13.1 Å². The molecular formula is C14H16F3N3O3. The van der Waals surface area contributed by atoms with E-state index < -0.39 is 18.8 Å². The van der Waals surface area contributed by atoms with E-state index in [0.29, 0.717) is 5.56 Å². The zero-order valence-corrected chi connectivity index (χ0v) is 12.1. The van der Waals surface area contributed by atoms with Crippen LogP contribution in [0, 0.1) is 0 Å². The molecule has 2 rings (SSSR count). The predicted octanol–water partition coefficient (Wildman–Crippen LogP) is 1.06. The molecule has 0 aromatic heterocycles. The van der Waals surface area contributed by atoms with Gasteiger partial charge in [-0.1, -0.05) is 24.3 Å². The Hall–Kier alpha value is -2.29. The van der Waals surface area contributed by atoms with Crippen molar-refractivity contribution in [2.45, 2.75) is 25.4 Å². The van der Waals surface area contributed by atoms with Crippen LogP contribution in [-0.2, 0) is 22.7 Å². The highest BCUT2D eigenvalue weighted by atomic mass is 19.4. The largest absolute Gasteiger partial charge is 0.411 e. The van der Waals surface area contributed by atoms with Crippen LogP contribution >= 0.6 is 0 Å². The Kier molecular flexibility index (Phi) is 5.43. The Morgan fingerprint density at radius 2 is 1.91 bits per heavy atom. The van der Waals surface area contributed by atoms with Crippen LogP contribution in [-0.4, -0.2) is 37.3 Å². The van der Waals surface area contributed by atoms with Crippen LogP contribution in [0.4, 0.5) is 18.0 Å². The average molecular weight is 331 g/mol. The zero-order valence-electron chi connectivity index (χ0n) is 12.1. The van der Waals surface area contributed by atoms with Crippen LogP contribution in [0.25, 0.3) is 0 Å². The van der Waals surface area contributed by atoms with E-state index in [1.54, 1.807) is 24.3 Å². The summed E-state index contributed by atoms with van der Waals surface area (Å²) < 4.78 is 40.4. The van der Waals surface area contributed by atoms with E-state index in [2.05, 4.69) is 20.7 Å². The van der Waals surface area contributed by atoms with Crippen LogP contribution in [0.1, 0.15) is 11.1 Å². The number of carbonyl (C=O) groups is 2. The van der Waals surface area contributed by atoms with E-state index in [0.717, 1.165) is 5.56 Å². The minimum Gasteiger partial charge on any atom is -0.367 e.